The number of benzene rings is 4. The summed E-state index contributed by atoms with van der Waals surface area (Å²) in [6.07, 6.45) is 3.58. The molecule has 0 saturated carbocycles. The predicted octanol–water partition coefficient (Wildman–Crippen LogP) is 9.18. The summed E-state index contributed by atoms with van der Waals surface area (Å²) >= 11 is 0. The molecule has 0 unspecified atom stereocenters. The summed E-state index contributed by atoms with van der Waals surface area (Å²) in [5.41, 5.74) is 6.54. The smallest absolute Gasteiger partial charge is 0.503 e. The van der Waals surface area contributed by atoms with Gasteiger partial charge in [0.05, 0.1) is 0 Å². The minimum Gasteiger partial charge on any atom is -0.503 e. The summed E-state index contributed by atoms with van der Waals surface area (Å²) in [5.74, 6) is 2.83. The number of hydrogen-bond donors (Lipinski definition) is 0. The average molecular weight is 879 g/mol. The number of rotatable bonds is 7. The maximum atomic E-state index is 6.32. The second-order valence-electron chi connectivity index (χ2n) is 13.3. The Morgan fingerprint density at radius 3 is 1.43 bits per heavy atom. The molecule has 4 aromatic carbocycles. The third-order valence-electron chi connectivity index (χ3n) is 8.23. The second kappa shape index (κ2) is 15.4. The van der Waals surface area contributed by atoms with E-state index in [1.54, 1.807) is 12.4 Å². The molecular formula is C42H31N7O2Pd2. The second-order valence-corrected chi connectivity index (χ2v) is 13.3. The van der Waals surface area contributed by atoms with Gasteiger partial charge >= 0.3 is 40.8 Å². The van der Waals surface area contributed by atoms with Gasteiger partial charge in [0.1, 0.15) is 0 Å². The van der Waals surface area contributed by atoms with Gasteiger partial charge in [-0.15, -0.1) is 92.2 Å². The van der Waals surface area contributed by atoms with E-state index in [-0.39, 0.29) is 52.2 Å². The minimum atomic E-state index is -0.322. The fourth-order valence-electron chi connectivity index (χ4n) is 5.68. The third kappa shape index (κ3) is 7.95. The molecule has 266 valence electrons. The van der Waals surface area contributed by atoms with Crippen LogP contribution in [0.25, 0.3) is 50.3 Å². The zero-order valence-electron chi connectivity index (χ0n) is 29.3. The van der Waals surface area contributed by atoms with Crippen LogP contribution in [0.3, 0.4) is 0 Å². The van der Waals surface area contributed by atoms with Crippen LogP contribution < -0.4 is 9.47 Å². The first-order chi connectivity index (χ1) is 24.7. The van der Waals surface area contributed by atoms with Crippen molar-refractivity contribution in [2.45, 2.75) is 40.0 Å². The molecule has 0 amide bonds. The number of fused-ring (bicyclic) bond motifs is 3. The van der Waals surface area contributed by atoms with E-state index in [4.69, 9.17) is 9.47 Å². The molecule has 8 rings (SSSR count). The Kier molecular flexibility index (Phi) is 11.0. The average Bonchev–Trinajstić information content (AvgIpc) is 3.44. The first-order valence-corrected chi connectivity index (χ1v) is 16.5. The molecule has 8 aromatic rings. The summed E-state index contributed by atoms with van der Waals surface area (Å²) in [6.45, 7) is 10.1. The summed E-state index contributed by atoms with van der Waals surface area (Å²) in [7, 11) is 0. The van der Waals surface area contributed by atoms with Gasteiger partial charge in [-0.05, 0) is 37.4 Å². The Bertz CT molecular complexity index is 2420. The summed E-state index contributed by atoms with van der Waals surface area (Å²) in [4.78, 5) is 9.00. The molecule has 4 heterocycles. The zero-order valence-corrected chi connectivity index (χ0v) is 32.4. The fraction of sp³-hybridized carbons (Fsp3) is 0.143. The number of hydrogen-bond acceptors (Lipinski definition) is 8. The molecule has 0 aliphatic rings. The van der Waals surface area contributed by atoms with E-state index in [1.807, 2.05) is 124 Å². The van der Waals surface area contributed by atoms with Crippen molar-refractivity contribution < 1.29 is 50.3 Å². The van der Waals surface area contributed by atoms with Crippen molar-refractivity contribution in [2.75, 3.05) is 0 Å². The molecule has 53 heavy (non-hydrogen) atoms. The summed E-state index contributed by atoms with van der Waals surface area (Å²) in [6, 6.07) is 40.7. The van der Waals surface area contributed by atoms with E-state index in [0.29, 0.717) is 39.9 Å². The first kappa shape index (κ1) is 37.6. The van der Waals surface area contributed by atoms with Gasteiger partial charge < -0.3 is 24.0 Å². The van der Waals surface area contributed by atoms with Gasteiger partial charge in [0.2, 0.25) is 0 Å². The molecule has 0 fully saturated rings. The van der Waals surface area contributed by atoms with Gasteiger partial charge in [-0.25, -0.2) is 0 Å². The van der Waals surface area contributed by atoms with Gasteiger partial charge in [0.15, 0.2) is 5.82 Å². The van der Waals surface area contributed by atoms with Crippen LogP contribution in [-0.2, 0) is 46.3 Å². The predicted molar refractivity (Wildman–Crippen MR) is 195 cm³/mol. The fourth-order valence-corrected chi connectivity index (χ4v) is 5.68. The van der Waals surface area contributed by atoms with E-state index < -0.39 is 0 Å². The maximum absolute atomic E-state index is 6.32. The van der Waals surface area contributed by atoms with Gasteiger partial charge in [-0.2, -0.15) is 22.9 Å². The quantitative estimate of drug-likeness (QED) is 0.116. The number of aryl methyl sites for hydroxylation is 2. The van der Waals surface area contributed by atoms with Crippen molar-refractivity contribution in [2.24, 2.45) is 0 Å². The van der Waals surface area contributed by atoms with Crippen LogP contribution in [0.5, 0.6) is 23.0 Å². The maximum Gasteiger partial charge on any atom is 2.00 e. The third-order valence-corrected chi connectivity index (χ3v) is 8.23. The van der Waals surface area contributed by atoms with Crippen molar-refractivity contribution in [1.82, 2.24) is 34.9 Å². The number of aromatic nitrogens is 7. The number of ether oxygens (including phenoxy) is 2. The van der Waals surface area contributed by atoms with Crippen LogP contribution >= 0.6 is 0 Å². The van der Waals surface area contributed by atoms with Crippen molar-refractivity contribution in [3.63, 3.8) is 0 Å². The molecule has 11 heteroatoms. The summed E-state index contributed by atoms with van der Waals surface area (Å²) in [5, 5.41) is 19.7. The molecule has 0 aliphatic heterocycles. The number of nitrogens with zero attached hydrogens (tertiary/aromatic N) is 7. The normalized spacial score (nSPS) is 11.2. The number of pyridine rings is 2. The molecular weight excluding hydrogens is 847 g/mol. The van der Waals surface area contributed by atoms with Gasteiger partial charge in [0.25, 0.3) is 5.95 Å². The first-order valence-electron chi connectivity index (χ1n) is 16.5. The molecule has 0 bridgehead atoms. The van der Waals surface area contributed by atoms with Gasteiger partial charge in [0, 0.05) is 40.8 Å². The van der Waals surface area contributed by atoms with Crippen molar-refractivity contribution in [3.8, 4) is 51.5 Å². The van der Waals surface area contributed by atoms with E-state index in [1.165, 1.54) is 0 Å². The van der Waals surface area contributed by atoms with Crippen LogP contribution in [-0.4, -0.2) is 34.9 Å². The Balaban J connectivity index is 0.00000240. The molecule has 0 saturated heterocycles. The molecule has 0 aliphatic carbocycles. The molecule has 4 aromatic heterocycles. The van der Waals surface area contributed by atoms with Gasteiger partial charge in [-0.1, -0.05) is 67.2 Å². The van der Waals surface area contributed by atoms with Crippen molar-refractivity contribution in [3.05, 3.63) is 139 Å². The Morgan fingerprint density at radius 2 is 1.00 bits per heavy atom. The van der Waals surface area contributed by atoms with E-state index in [2.05, 4.69) is 54.6 Å². The topological polar surface area (TPSA) is 101 Å². The Morgan fingerprint density at radius 1 is 0.547 bits per heavy atom. The van der Waals surface area contributed by atoms with Crippen molar-refractivity contribution in [1.29, 1.82) is 0 Å². The van der Waals surface area contributed by atoms with E-state index in [9.17, 15) is 0 Å². The SMILES string of the molecule is Cc1ccnc(-c2[c-]c(Oc3[c-]c4c(cc3)c3ccc(Oc5[c-]c(-c6cc(C)ccn6)ccc5)[c-]c3n4-c3nnc(C(C)(C)C)nn3)ccc2)c1.[Pd+2].[Pd+2]. The molecule has 0 atom stereocenters. The Hall–Kier alpha value is -5.16. The molecule has 9 nitrogen and oxygen atoms in total. The zero-order chi connectivity index (χ0) is 35.1. The van der Waals surface area contributed by atoms with Gasteiger partial charge in [-0.3, -0.25) is 0 Å². The van der Waals surface area contributed by atoms with Crippen LogP contribution in [0, 0.1) is 38.1 Å². The van der Waals surface area contributed by atoms with Crippen LogP contribution in [0.1, 0.15) is 37.7 Å². The van der Waals surface area contributed by atoms with Crippen LogP contribution in [0.4, 0.5) is 0 Å². The van der Waals surface area contributed by atoms with Crippen molar-refractivity contribution >= 4 is 21.8 Å². The standard InChI is InChI=1S/C42H31N7O2.2Pd/c1-26-16-18-43-36(20-26)28-8-6-10-30(22-28)50-32-12-14-34-35-15-13-33(51-31-11-7-9-29(23-31)37-21-27(2)17-19-44-37)25-39(35)49(38(34)24-32)41-47-45-40(46-48-41)42(3,4)5;;/h6-21H,1-5H3;;/q-4;2*+2. The van der Waals surface area contributed by atoms with E-state index in [0.717, 1.165) is 44.4 Å². The minimum absolute atomic E-state index is 0. The van der Waals surface area contributed by atoms with Crippen LogP contribution in [0.15, 0.2) is 97.3 Å². The molecule has 0 N–H and O–H groups in total. The summed E-state index contributed by atoms with van der Waals surface area (Å²) < 4.78 is 14.5. The largest absolute Gasteiger partial charge is 2.00 e. The molecule has 0 radical (unpaired) electrons. The van der Waals surface area contributed by atoms with E-state index >= 15 is 0 Å². The monoisotopic (exact) mass is 877 g/mol. The molecule has 0 spiro atoms. The van der Waals surface area contributed by atoms with Crippen LogP contribution in [0.2, 0.25) is 0 Å². The Labute approximate surface area is 335 Å².